The molecule has 0 aromatic heterocycles. The number of rotatable bonds is 4. The molecule has 1 aromatic carbocycles. The molecule has 18 heavy (non-hydrogen) atoms. The molecule has 0 bridgehead atoms. The average Bonchev–Trinajstić information content (AvgIpc) is 2.34. The number of benzene rings is 1. The molecule has 1 unspecified atom stereocenters. The van der Waals surface area contributed by atoms with E-state index in [2.05, 4.69) is 48.9 Å². The van der Waals surface area contributed by atoms with Crippen molar-refractivity contribution in [3.8, 4) is 0 Å². The summed E-state index contributed by atoms with van der Waals surface area (Å²) in [7, 11) is 0. The van der Waals surface area contributed by atoms with Gasteiger partial charge in [-0.25, -0.2) is 0 Å². The third kappa shape index (κ3) is 4.22. The summed E-state index contributed by atoms with van der Waals surface area (Å²) in [6.07, 6.45) is 3.96. The molecule has 0 radical (unpaired) electrons. The van der Waals surface area contributed by atoms with E-state index < -0.39 is 0 Å². The molecule has 0 saturated carbocycles. The molecule has 1 heterocycles. The monoisotopic (exact) mass is 393 g/mol. The Balaban J connectivity index is 1.96. The first-order chi connectivity index (χ1) is 8.69. The molecule has 0 N–H and O–H groups in total. The van der Waals surface area contributed by atoms with Gasteiger partial charge in [-0.2, -0.15) is 0 Å². The predicted octanol–water partition coefficient (Wildman–Crippen LogP) is 5.10. The van der Waals surface area contributed by atoms with Crippen LogP contribution in [0.3, 0.4) is 0 Å². The number of alkyl halides is 1. The summed E-state index contributed by atoms with van der Waals surface area (Å²) in [6, 6.07) is 6.18. The van der Waals surface area contributed by atoms with Crippen molar-refractivity contribution in [1.29, 1.82) is 0 Å². The van der Waals surface area contributed by atoms with E-state index in [9.17, 15) is 0 Å². The van der Waals surface area contributed by atoms with Crippen LogP contribution >= 0.6 is 43.5 Å². The van der Waals surface area contributed by atoms with Gasteiger partial charge in [0, 0.05) is 27.9 Å². The van der Waals surface area contributed by atoms with Gasteiger partial charge in [0.1, 0.15) is 0 Å². The van der Waals surface area contributed by atoms with Crippen LogP contribution in [0.5, 0.6) is 0 Å². The molecule has 0 amide bonds. The van der Waals surface area contributed by atoms with Crippen LogP contribution in [0.4, 0.5) is 0 Å². The van der Waals surface area contributed by atoms with Crippen LogP contribution in [-0.4, -0.2) is 23.3 Å². The lowest BCUT2D eigenvalue weighted by molar-refractivity contribution is 0.165. The molecular formula is C14H18Br2ClN. The summed E-state index contributed by atoms with van der Waals surface area (Å²) in [5, 5.41) is 1.98. The largest absolute Gasteiger partial charge is 0.299 e. The van der Waals surface area contributed by atoms with Crippen LogP contribution in [0.2, 0.25) is 5.02 Å². The third-order valence-electron chi connectivity index (χ3n) is 3.53. The van der Waals surface area contributed by atoms with Crippen molar-refractivity contribution in [2.24, 2.45) is 5.92 Å². The Bertz CT molecular complexity index is 395. The van der Waals surface area contributed by atoms with Crippen molar-refractivity contribution in [2.45, 2.75) is 25.8 Å². The second-order valence-electron chi connectivity index (χ2n) is 4.96. The first kappa shape index (κ1) is 14.8. The molecule has 1 aromatic rings. The fourth-order valence-electron chi connectivity index (χ4n) is 2.58. The first-order valence-corrected chi connectivity index (χ1v) is 8.70. The quantitative estimate of drug-likeness (QED) is 0.641. The highest BCUT2D eigenvalue weighted by Gasteiger charge is 2.19. The minimum absolute atomic E-state index is 0.840. The van der Waals surface area contributed by atoms with Gasteiger partial charge in [-0.15, -0.1) is 0 Å². The second kappa shape index (κ2) is 7.28. The van der Waals surface area contributed by atoms with Gasteiger partial charge in [-0.3, -0.25) is 4.90 Å². The van der Waals surface area contributed by atoms with Gasteiger partial charge in [0.15, 0.2) is 0 Å². The van der Waals surface area contributed by atoms with Gasteiger partial charge in [0.2, 0.25) is 0 Å². The van der Waals surface area contributed by atoms with Crippen LogP contribution in [0.1, 0.15) is 24.8 Å². The smallest absolute Gasteiger partial charge is 0.0462 e. The summed E-state index contributed by atoms with van der Waals surface area (Å²) >= 11 is 13.3. The molecule has 1 aliphatic rings. The van der Waals surface area contributed by atoms with Gasteiger partial charge in [0.05, 0.1) is 0 Å². The molecule has 0 aliphatic carbocycles. The van der Waals surface area contributed by atoms with Gasteiger partial charge >= 0.3 is 0 Å². The van der Waals surface area contributed by atoms with E-state index in [0.29, 0.717) is 0 Å². The lowest BCUT2D eigenvalue weighted by Crippen LogP contribution is -2.35. The average molecular weight is 396 g/mol. The predicted molar refractivity (Wildman–Crippen MR) is 85.6 cm³/mol. The highest BCUT2D eigenvalue weighted by Crippen LogP contribution is 2.26. The summed E-state index contributed by atoms with van der Waals surface area (Å²) in [6.45, 7) is 3.38. The molecule has 1 aliphatic heterocycles. The van der Waals surface area contributed by atoms with Crippen molar-refractivity contribution < 1.29 is 0 Å². The Labute approximate surface area is 131 Å². The number of halogens is 3. The van der Waals surface area contributed by atoms with E-state index in [-0.39, 0.29) is 0 Å². The maximum Gasteiger partial charge on any atom is 0.0462 e. The van der Waals surface area contributed by atoms with Crippen molar-refractivity contribution in [3.63, 3.8) is 0 Å². The maximum absolute atomic E-state index is 6.28. The van der Waals surface area contributed by atoms with Gasteiger partial charge < -0.3 is 0 Å². The first-order valence-electron chi connectivity index (χ1n) is 6.41. The molecule has 1 fully saturated rings. The molecule has 100 valence electrons. The maximum atomic E-state index is 6.28. The van der Waals surface area contributed by atoms with Gasteiger partial charge in [-0.1, -0.05) is 49.5 Å². The zero-order valence-corrected chi connectivity index (χ0v) is 14.3. The highest BCUT2D eigenvalue weighted by atomic mass is 79.9. The van der Waals surface area contributed by atoms with Crippen molar-refractivity contribution in [3.05, 3.63) is 33.3 Å². The van der Waals surface area contributed by atoms with Gasteiger partial charge in [0.25, 0.3) is 0 Å². The number of piperidine rings is 1. The summed E-state index contributed by atoms with van der Waals surface area (Å²) < 4.78 is 1.05. The molecule has 1 nitrogen and oxygen atoms in total. The molecular weight excluding hydrogens is 377 g/mol. The Morgan fingerprint density at radius 3 is 2.94 bits per heavy atom. The Kier molecular flexibility index (Phi) is 5.99. The van der Waals surface area contributed by atoms with E-state index in [0.717, 1.165) is 27.3 Å². The Hall–Kier alpha value is 0.430. The molecule has 4 heteroatoms. The van der Waals surface area contributed by atoms with Crippen LogP contribution in [-0.2, 0) is 6.54 Å². The topological polar surface area (TPSA) is 3.24 Å². The van der Waals surface area contributed by atoms with Crippen LogP contribution in [0.25, 0.3) is 0 Å². The number of likely N-dealkylation sites (tertiary alicyclic amines) is 1. The summed E-state index contributed by atoms with van der Waals surface area (Å²) in [5.74, 6) is 0.840. The lowest BCUT2D eigenvalue weighted by Gasteiger charge is -2.32. The standard InChI is InChI=1S/C14H18Br2ClN/c15-6-5-11-2-1-7-18(9-11)10-12-3-4-13(16)8-14(12)17/h3-4,8,11H,1-2,5-7,9-10H2. The minimum atomic E-state index is 0.840. The Morgan fingerprint density at radius 1 is 1.39 bits per heavy atom. The third-order valence-corrected chi connectivity index (χ3v) is 4.83. The molecule has 1 saturated heterocycles. The Morgan fingerprint density at radius 2 is 2.22 bits per heavy atom. The SMILES string of the molecule is Clc1cc(Br)ccc1CN1CCCC(CCBr)C1. The van der Waals surface area contributed by atoms with E-state index in [4.69, 9.17) is 11.6 Å². The fourth-order valence-corrected chi connectivity index (χ4v) is 3.96. The van der Waals surface area contributed by atoms with Gasteiger partial charge in [-0.05, 0) is 49.4 Å². The van der Waals surface area contributed by atoms with E-state index >= 15 is 0 Å². The fraction of sp³-hybridized carbons (Fsp3) is 0.571. The van der Waals surface area contributed by atoms with Crippen LogP contribution < -0.4 is 0 Å². The van der Waals surface area contributed by atoms with Crippen molar-refractivity contribution >= 4 is 43.5 Å². The number of nitrogens with zero attached hydrogens (tertiary/aromatic N) is 1. The van der Waals surface area contributed by atoms with E-state index in [1.54, 1.807) is 0 Å². The number of hydrogen-bond acceptors (Lipinski definition) is 1. The zero-order chi connectivity index (χ0) is 13.0. The van der Waals surface area contributed by atoms with E-state index in [1.807, 2.05) is 6.07 Å². The van der Waals surface area contributed by atoms with Crippen molar-refractivity contribution in [2.75, 3.05) is 18.4 Å². The number of hydrogen-bond donors (Lipinski definition) is 0. The highest BCUT2D eigenvalue weighted by molar-refractivity contribution is 9.10. The molecule has 2 rings (SSSR count). The normalized spacial score (nSPS) is 21.2. The van der Waals surface area contributed by atoms with E-state index in [1.165, 1.54) is 37.9 Å². The molecule has 1 atom stereocenters. The van der Waals surface area contributed by atoms with Crippen LogP contribution in [0, 0.1) is 5.92 Å². The van der Waals surface area contributed by atoms with Crippen molar-refractivity contribution in [1.82, 2.24) is 4.90 Å². The van der Waals surface area contributed by atoms with Crippen LogP contribution in [0.15, 0.2) is 22.7 Å². The summed E-state index contributed by atoms with van der Waals surface area (Å²) in [4.78, 5) is 2.53. The zero-order valence-electron chi connectivity index (χ0n) is 10.3. The second-order valence-corrected chi connectivity index (χ2v) is 7.07. The molecule has 0 spiro atoms. The summed E-state index contributed by atoms with van der Waals surface area (Å²) in [5.41, 5.74) is 1.24. The minimum Gasteiger partial charge on any atom is -0.299 e. The lowest BCUT2D eigenvalue weighted by atomic mass is 9.95.